The molecule has 74 valence electrons. The van der Waals surface area contributed by atoms with Crippen LogP contribution in [0.1, 0.15) is 26.6 Å². The zero-order chi connectivity index (χ0) is 9.90. The number of aryl methyl sites for hydroxylation is 1. The SMILES string of the molecule is Cn1cnnc1CNCC(C)(C)C. The number of hydrogen-bond acceptors (Lipinski definition) is 3. The molecule has 0 spiro atoms. The summed E-state index contributed by atoms with van der Waals surface area (Å²) in [5.41, 5.74) is 0.318. The van der Waals surface area contributed by atoms with Gasteiger partial charge in [0.2, 0.25) is 0 Å². The lowest BCUT2D eigenvalue weighted by molar-refractivity contribution is 0.376. The summed E-state index contributed by atoms with van der Waals surface area (Å²) in [5.74, 6) is 0.976. The lowest BCUT2D eigenvalue weighted by Crippen LogP contribution is -2.27. The molecule has 0 atom stereocenters. The molecule has 1 N–H and O–H groups in total. The van der Waals surface area contributed by atoms with Crippen molar-refractivity contribution in [3.05, 3.63) is 12.2 Å². The van der Waals surface area contributed by atoms with Gasteiger partial charge in [0.15, 0.2) is 0 Å². The first-order valence-corrected chi connectivity index (χ1v) is 4.53. The van der Waals surface area contributed by atoms with Crippen molar-refractivity contribution < 1.29 is 0 Å². The van der Waals surface area contributed by atoms with E-state index in [4.69, 9.17) is 0 Å². The third kappa shape index (κ3) is 3.55. The van der Waals surface area contributed by atoms with E-state index >= 15 is 0 Å². The first-order valence-electron chi connectivity index (χ1n) is 4.53. The second kappa shape index (κ2) is 3.87. The molecule has 1 heterocycles. The molecule has 0 saturated heterocycles. The molecule has 0 aliphatic heterocycles. The summed E-state index contributed by atoms with van der Waals surface area (Å²) in [5, 5.41) is 11.1. The summed E-state index contributed by atoms with van der Waals surface area (Å²) < 4.78 is 1.93. The summed E-state index contributed by atoms with van der Waals surface area (Å²) in [6.45, 7) is 8.39. The van der Waals surface area contributed by atoms with E-state index < -0.39 is 0 Å². The normalized spacial score (nSPS) is 12.0. The Morgan fingerprint density at radius 2 is 2.15 bits per heavy atom. The maximum absolute atomic E-state index is 3.99. The van der Waals surface area contributed by atoms with Gasteiger partial charge in [-0.15, -0.1) is 10.2 Å². The maximum Gasteiger partial charge on any atom is 0.146 e. The second-order valence-corrected chi connectivity index (χ2v) is 4.52. The predicted octanol–water partition coefficient (Wildman–Crippen LogP) is 0.951. The molecule has 1 rings (SSSR count). The Morgan fingerprint density at radius 1 is 1.46 bits per heavy atom. The highest BCUT2D eigenvalue weighted by atomic mass is 15.3. The van der Waals surface area contributed by atoms with Crippen LogP contribution in [-0.2, 0) is 13.6 Å². The van der Waals surface area contributed by atoms with Gasteiger partial charge < -0.3 is 9.88 Å². The van der Waals surface area contributed by atoms with Crippen LogP contribution in [0.2, 0.25) is 0 Å². The van der Waals surface area contributed by atoms with Crippen LogP contribution in [0.15, 0.2) is 6.33 Å². The first-order chi connectivity index (χ1) is 5.99. The summed E-state index contributed by atoms with van der Waals surface area (Å²) in [6.07, 6.45) is 1.72. The quantitative estimate of drug-likeness (QED) is 0.757. The minimum absolute atomic E-state index is 0.318. The van der Waals surface area contributed by atoms with Crippen molar-refractivity contribution in [3.63, 3.8) is 0 Å². The fourth-order valence-electron chi connectivity index (χ4n) is 1.02. The van der Waals surface area contributed by atoms with E-state index in [1.165, 1.54) is 0 Å². The Labute approximate surface area is 79.4 Å². The van der Waals surface area contributed by atoms with E-state index in [-0.39, 0.29) is 0 Å². The van der Waals surface area contributed by atoms with Crippen LogP contribution in [0.25, 0.3) is 0 Å². The number of aromatic nitrogens is 3. The molecule has 1 aromatic rings. The molecular formula is C9H18N4. The second-order valence-electron chi connectivity index (χ2n) is 4.52. The number of nitrogens with one attached hydrogen (secondary N) is 1. The van der Waals surface area contributed by atoms with Gasteiger partial charge in [-0.05, 0) is 5.41 Å². The van der Waals surface area contributed by atoms with E-state index in [9.17, 15) is 0 Å². The average Bonchev–Trinajstić information content (AvgIpc) is 2.34. The van der Waals surface area contributed by atoms with Gasteiger partial charge in [-0.1, -0.05) is 20.8 Å². The highest BCUT2D eigenvalue weighted by Crippen LogP contribution is 2.10. The minimum Gasteiger partial charge on any atom is -0.320 e. The van der Waals surface area contributed by atoms with E-state index in [0.29, 0.717) is 5.41 Å². The fourth-order valence-corrected chi connectivity index (χ4v) is 1.02. The van der Waals surface area contributed by atoms with Gasteiger partial charge in [-0.2, -0.15) is 0 Å². The van der Waals surface area contributed by atoms with Gasteiger partial charge in [0.25, 0.3) is 0 Å². The van der Waals surface area contributed by atoms with Crippen LogP contribution in [-0.4, -0.2) is 21.3 Å². The Kier molecular flexibility index (Phi) is 3.03. The molecule has 0 amide bonds. The zero-order valence-electron chi connectivity index (χ0n) is 8.83. The first kappa shape index (κ1) is 10.2. The molecule has 1 aromatic heterocycles. The van der Waals surface area contributed by atoms with E-state index in [2.05, 4.69) is 36.3 Å². The van der Waals surface area contributed by atoms with Crippen molar-refractivity contribution in [3.8, 4) is 0 Å². The Hall–Kier alpha value is -0.900. The van der Waals surface area contributed by atoms with Gasteiger partial charge in [0.1, 0.15) is 12.2 Å². The molecule has 0 saturated carbocycles. The molecule has 0 aliphatic carbocycles. The van der Waals surface area contributed by atoms with Crippen molar-refractivity contribution in [1.29, 1.82) is 0 Å². The van der Waals surface area contributed by atoms with Crippen LogP contribution in [0, 0.1) is 5.41 Å². The maximum atomic E-state index is 3.99. The molecule has 13 heavy (non-hydrogen) atoms. The van der Waals surface area contributed by atoms with Crippen LogP contribution in [0.3, 0.4) is 0 Å². The lowest BCUT2D eigenvalue weighted by Gasteiger charge is -2.18. The summed E-state index contributed by atoms with van der Waals surface area (Å²) in [7, 11) is 1.95. The van der Waals surface area contributed by atoms with Crippen molar-refractivity contribution in [2.24, 2.45) is 12.5 Å². The smallest absolute Gasteiger partial charge is 0.146 e. The average molecular weight is 182 g/mol. The fraction of sp³-hybridized carbons (Fsp3) is 0.778. The molecule has 0 aliphatic rings. The van der Waals surface area contributed by atoms with Crippen LogP contribution in [0.4, 0.5) is 0 Å². The van der Waals surface area contributed by atoms with E-state index in [1.54, 1.807) is 6.33 Å². The van der Waals surface area contributed by atoms with Crippen LogP contribution >= 0.6 is 0 Å². The lowest BCUT2D eigenvalue weighted by atomic mass is 9.97. The zero-order valence-corrected chi connectivity index (χ0v) is 8.83. The molecule has 4 nitrogen and oxygen atoms in total. The largest absolute Gasteiger partial charge is 0.320 e. The van der Waals surface area contributed by atoms with Gasteiger partial charge in [0, 0.05) is 13.6 Å². The van der Waals surface area contributed by atoms with Gasteiger partial charge in [0.05, 0.1) is 6.54 Å². The Balaban J connectivity index is 2.32. The monoisotopic (exact) mass is 182 g/mol. The van der Waals surface area contributed by atoms with Gasteiger partial charge in [-0.3, -0.25) is 0 Å². The highest BCUT2D eigenvalue weighted by Gasteiger charge is 2.09. The Bertz CT molecular complexity index is 259. The van der Waals surface area contributed by atoms with Crippen molar-refractivity contribution in [1.82, 2.24) is 20.1 Å². The molecule has 0 radical (unpaired) electrons. The van der Waals surface area contributed by atoms with E-state index in [0.717, 1.165) is 18.9 Å². The van der Waals surface area contributed by atoms with Crippen molar-refractivity contribution in [2.45, 2.75) is 27.3 Å². The molecule has 0 aromatic carbocycles. The van der Waals surface area contributed by atoms with Crippen LogP contribution < -0.4 is 5.32 Å². The molecule has 0 fully saturated rings. The third-order valence-corrected chi connectivity index (χ3v) is 1.74. The number of hydrogen-bond donors (Lipinski definition) is 1. The van der Waals surface area contributed by atoms with Crippen molar-refractivity contribution in [2.75, 3.05) is 6.54 Å². The molecular weight excluding hydrogens is 164 g/mol. The van der Waals surface area contributed by atoms with Gasteiger partial charge in [-0.25, -0.2) is 0 Å². The molecule has 4 heteroatoms. The predicted molar refractivity (Wildman–Crippen MR) is 52.2 cm³/mol. The summed E-state index contributed by atoms with van der Waals surface area (Å²) in [4.78, 5) is 0. The third-order valence-electron chi connectivity index (χ3n) is 1.74. The standard InChI is InChI=1S/C9H18N4/c1-9(2,3)6-10-5-8-12-11-7-13(8)4/h7,10H,5-6H2,1-4H3. The summed E-state index contributed by atoms with van der Waals surface area (Å²) in [6, 6.07) is 0. The summed E-state index contributed by atoms with van der Waals surface area (Å²) >= 11 is 0. The van der Waals surface area contributed by atoms with Crippen LogP contribution in [0.5, 0.6) is 0 Å². The minimum atomic E-state index is 0.318. The Morgan fingerprint density at radius 3 is 2.62 bits per heavy atom. The van der Waals surface area contributed by atoms with E-state index in [1.807, 2.05) is 11.6 Å². The topological polar surface area (TPSA) is 42.7 Å². The number of rotatable bonds is 3. The number of nitrogens with zero attached hydrogens (tertiary/aromatic N) is 3. The molecule has 0 bridgehead atoms. The molecule has 0 unspecified atom stereocenters. The van der Waals surface area contributed by atoms with Crippen molar-refractivity contribution >= 4 is 0 Å². The van der Waals surface area contributed by atoms with Gasteiger partial charge >= 0.3 is 0 Å². The highest BCUT2D eigenvalue weighted by molar-refractivity contribution is 4.83.